The summed E-state index contributed by atoms with van der Waals surface area (Å²) in [4.78, 5) is 25.2. The molecule has 0 atom stereocenters. The molecule has 0 heterocycles. The molecule has 0 bridgehead atoms. The molecule has 0 spiro atoms. The van der Waals surface area contributed by atoms with Gasteiger partial charge in [-0.15, -0.1) is 0 Å². The summed E-state index contributed by atoms with van der Waals surface area (Å²) in [7, 11) is -6.85. The van der Waals surface area contributed by atoms with Crippen LogP contribution in [0, 0.1) is 0 Å². The topological polar surface area (TPSA) is 168 Å². The molecule has 0 fully saturated rings. The Labute approximate surface area is 234 Å². The number of hydrogen-bond acceptors (Lipinski definition) is 7. The summed E-state index contributed by atoms with van der Waals surface area (Å²) in [5.74, 6) is -0.342. The Morgan fingerprint density at radius 3 is 1.88 bits per heavy atom. The molecule has 3 aromatic carbocycles. The molecule has 11 nitrogen and oxygen atoms in total. The molecule has 5 N–H and O–H groups in total. The molecule has 3 aromatic rings. The molecular weight excluding hydrogens is 554 g/mol. The summed E-state index contributed by atoms with van der Waals surface area (Å²) < 4.78 is 53.0. The standard InChI is InChI=1S/C27H33N5O6S2/c1-4-32(5-2)27(34)22-12-8-20(9-13-22)18-31-40(37,38)23-14-15-24(25(16-23)39(28,35)36)30-17-19-6-10-21(11-7-19)26(33)29-3/h6-16,30-31H,4-5,17-18H2,1-3H3,(H,29,33)(H2,28,35,36). The number of hydrogen-bond donors (Lipinski definition) is 4. The second-order valence-electron chi connectivity index (χ2n) is 8.83. The Hall–Kier alpha value is -3.78. The SMILES string of the molecule is CCN(CC)C(=O)c1ccc(CNS(=O)(=O)c2ccc(NCc3ccc(C(=O)NC)cc3)c(S(N)(=O)=O)c2)cc1. The van der Waals surface area contributed by atoms with Crippen molar-refractivity contribution in [3.05, 3.63) is 89.0 Å². The van der Waals surface area contributed by atoms with Crippen LogP contribution in [-0.2, 0) is 33.1 Å². The minimum absolute atomic E-state index is 0.0706. The third kappa shape index (κ3) is 7.66. The molecule has 2 amide bonds. The predicted octanol–water partition coefficient (Wildman–Crippen LogP) is 2.27. The second kappa shape index (κ2) is 13.0. The average Bonchev–Trinajstić information content (AvgIpc) is 2.95. The summed E-state index contributed by atoms with van der Waals surface area (Å²) in [6, 6.07) is 16.9. The van der Waals surface area contributed by atoms with Crippen molar-refractivity contribution in [2.24, 2.45) is 5.14 Å². The summed E-state index contributed by atoms with van der Waals surface area (Å²) in [5, 5.41) is 10.9. The Morgan fingerprint density at radius 2 is 1.35 bits per heavy atom. The van der Waals surface area contributed by atoms with E-state index in [0.717, 1.165) is 11.6 Å². The summed E-state index contributed by atoms with van der Waals surface area (Å²) in [6.45, 7) is 5.08. The normalized spacial score (nSPS) is 11.6. The predicted molar refractivity (Wildman–Crippen MR) is 153 cm³/mol. The number of sulfonamides is 2. The number of carbonyl (C=O) groups is 2. The molecule has 40 heavy (non-hydrogen) atoms. The minimum atomic E-state index is -4.28. The second-order valence-corrected chi connectivity index (χ2v) is 12.1. The molecular formula is C27H33N5O6S2. The lowest BCUT2D eigenvalue weighted by Crippen LogP contribution is -2.30. The van der Waals surface area contributed by atoms with Crippen LogP contribution in [0.4, 0.5) is 5.69 Å². The molecule has 0 saturated heterocycles. The third-order valence-electron chi connectivity index (χ3n) is 6.21. The number of nitrogens with two attached hydrogens (primary N) is 1. The fourth-order valence-electron chi connectivity index (χ4n) is 3.89. The van der Waals surface area contributed by atoms with Crippen LogP contribution in [0.2, 0.25) is 0 Å². The highest BCUT2D eigenvalue weighted by Gasteiger charge is 2.21. The van der Waals surface area contributed by atoms with Crippen LogP contribution in [-0.4, -0.2) is 53.7 Å². The van der Waals surface area contributed by atoms with Gasteiger partial charge in [0.15, 0.2) is 0 Å². The Morgan fingerprint density at radius 1 is 0.800 bits per heavy atom. The van der Waals surface area contributed by atoms with E-state index in [1.54, 1.807) is 53.4 Å². The van der Waals surface area contributed by atoms with Crippen LogP contribution in [0.15, 0.2) is 76.5 Å². The van der Waals surface area contributed by atoms with Gasteiger partial charge in [0.25, 0.3) is 11.8 Å². The van der Waals surface area contributed by atoms with Crippen LogP contribution >= 0.6 is 0 Å². The lowest BCUT2D eigenvalue weighted by Gasteiger charge is -2.18. The van der Waals surface area contributed by atoms with Gasteiger partial charge in [0, 0.05) is 44.4 Å². The maximum Gasteiger partial charge on any atom is 0.253 e. The van der Waals surface area contributed by atoms with Gasteiger partial charge in [-0.3, -0.25) is 9.59 Å². The highest BCUT2D eigenvalue weighted by Crippen LogP contribution is 2.25. The Bertz CT molecular complexity index is 1570. The van der Waals surface area contributed by atoms with E-state index in [1.165, 1.54) is 19.2 Å². The fourth-order valence-corrected chi connectivity index (χ4v) is 5.74. The molecule has 0 aliphatic carbocycles. The first-order valence-electron chi connectivity index (χ1n) is 12.5. The molecule has 0 aromatic heterocycles. The maximum absolute atomic E-state index is 13.0. The van der Waals surface area contributed by atoms with Crippen LogP contribution in [0.25, 0.3) is 0 Å². The fraction of sp³-hybridized carbons (Fsp3) is 0.259. The highest BCUT2D eigenvalue weighted by molar-refractivity contribution is 7.90. The first-order valence-corrected chi connectivity index (χ1v) is 15.5. The highest BCUT2D eigenvalue weighted by atomic mass is 32.2. The lowest BCUT2D eigenvalue weighted by atomic mass is 10.1. The van der Waals surface area contributed by atoms with Crippen molar-refractivity contribution in [2.45, 2.75) is 36.7 Å². The monoisotopic (exact) mass is 587 g/mol. The van der Waals surface area contributed by atoms with Gasteiger partial charge in [-0.25, -0.2) is 26.7 Å². The van der Waals surface area contributed by atoms with Crippen molar-refractivity contribution in [3.8, 4) is 0 Å². The number of nitrogens with one attached hydrogen (secondary N) is 3. The average molecular weight is 588 g/mol. The van der Waals surface area contributed by atoms with E-state index in [9.17, 15) is 26.4 Å². The quantitative estimate of drug-likeness (QED) is 0.252. The van der Waals surface area contributed by atoms with Crippen molar-refractivity contribution in [2.75, 3.05) is 25.5 Å². The molecule has 3 rings (SSSR count). The largest absolute Gasteiger partial charge is 0.380 e. The number of anilines is 1. The zero-order valence-corrected chi connectivity index (χ0v) is 24.1. The van der Waals surface area contributed by atoms with Crippen molar-refractivity contribution in [1.82, 2.24) is 14.9 Å². The maximum atomic E-state index is 13.0. The Balaban J connectivity index is 1.74. The van der Waals surface area contributed by atoms with Gasteiger partial charge in [-0.1, -0.05) is 24.3 Å². The first-order chi connectivity index (χ1) is 18.9. The summed E-state index contributed by atoms with van der Waals surface area (Å²) >= 11 is 0. The number of primary sulfonamides is 1. The van der Waals surface area contributed by atoms with E-state index in [4.69, 9.17) is 5.14 Å². The van der Waals surface area contributed by atoms with E-state index >= 15 is 0 Å². The van der Waals surface area contributed by atoms with Gasteiger partial charge in [0.2, 0.25) is 20.0 Å². The molecule has 214 valence electrons. The number of nitrogens with zero attached hydrogens (tertiary/aromatic N) is 1. The van der Waals surface area contributed by atoms with E-state index in [0.29, 0.717) is 29.8 Å². The summed E-state index contributed by atoms with van der Waals surface area (Å²) in [5.41, 5.74) is 2.48. The van der Waals surface area contributed by atoms with Gasteiger partial charge >= 0.3 is 0 Å². The smallest absolute Gasteiger partial charge is 0.253 e. The van der Waals surface area contributed by atoms with E-state index in [-0.39, 0.29) is 40.4 Å². The van der Waals surface area contributed by atoms with Gasteiger partial charge in [0.05, 0.1) is 10.6 Å². The van der Waals surface area contributed by atoms with Crippen LogP contribution in [0.5, 0.6) is 0 Å². The van der Waals surface area contributed by atoms with Crippen molar-refractivity contribution < 1.29 is 26.4 Å². The number of carbonyl (C=O) groups excluding carboxylic acids is 2. The van der Waals surface area contributed by atoms with Crippen LogP contribution in [0.3, 0.4) is 0 Å². The number of benzene rings is 3. The van der Waals surface area contributed by atoms with Crippen LogP contribution < -0.4 is 20.5 Å². The van der Waals surface area contributed by atoms with Crippen molar-refractivity contribution >= 4 is 37.5 Å². The van der Waals surface area contributed by atoms with Crippen molar-refractivity contribution in [3.63, 3.8) is 0 Å². The molecule has 0 saturated carbocycles. The van der Waals surface area contributed by atoms with Gasteiger partial charge in [-0.05, 0) is 67.4 Å². The zero-order valence-electron chi connectivity index (χ0n) is 22.5. The first kappa shape index (κ1) is 30.8. The minimum Gasteiger partial charge on any atom is -0.380 e. The van der Waals surface area contributed by atoms with Crippen LogP contribution in [0.1, 0.15) is 45.7 Å². The van der Waals surface area contributed by atoms with Gasteiger partial charge in [-0.2, -0.15) is 0 Å². The molecule has 0 aliphatic heterocycles. The molecule has 0 unspecified atom stereocenters. The zero-order chi connectivity index (χ0) is 29.5. The third-order valence-corrected chi connectivity index (χ3v) is 8.56. The molecule has 0 radical (unpaired) electrons. The van der Waals surface area contributed by atoms with Gasteiger partial charge in [0.1, 0.15) is 4.90 Å². The Kier molecular flexibility index (Phi) is 10.0. The van der Waals surface area contributed by atoms with E-state index in [1.807, 2.05) is 13.8 Å². The molecule has 0 aliphatic rings. The van der Waals surface area contributed by atoms with E-state index in [2.05, 4.69) is 15.4 Å². The summed E-state index contributed by atoms with van der Waals surface area (Å²) in [6.07, 6.45) is 0. The number of rotatable bonds is 12. The van der Waals surface area contributed by atoms with Crippen molar-refractivity contribution in [1.29, 1.82) is 0 Å². The van der Waals surface area contributed by atoms with E-state index < -0.39 is 20.0 Å². The molecule has 13 heteroatoms. The van der Waals surface area contributed by atoms with Gasteiger partial charge < -0.3 is 15.5 Å². The lowest BCUT2D eigenvalue weighted by molar-refractivity contribution is 0.0772. The number of amides is 2.